The third kappa shape index (κ3) is 2.65. The number of nitrogens with zero attached hydrogens (tertiary/aromatic N) is 3. The molecular formula is C12H13N3O2S. The number of carboxylic acids is 1. The topological polar surface area (TPSA) is 66.3 Å². The molecule has 2 aromatic rings. The van der Waals surface area contributed by atoms with E-state index in [4.69, 9.17) is 5.11 Å². The maximum absolute atomic E-state index is 11.0. The first kappa shape index (κ1) is 12.5. The number of anilines is 1. The van der Waals surface area contributed by atoms with Gasteiger partial charge in [0.1, 0.15) is 4.88 Å². The van der Waals surface area contributed by atoms with Gasteiger partial charge in [0.2, 0.25) is 0 Å². The fraction of sp³-hybridized carbons (Fsp3) is 0.250. The highest BCUT2D eigenvalue weighted by Gasteiger charge is 2.16. The van der Waals surface area contributed by atoms with E-state index in [9.17, 15) is 4.79 Å². The fourth-order valence-electron chi connectivity index (χ4n) is 1.57. The second kappa shape index (κ2) is 5.14. The summed E-state index contributed by atoms with van der Waals surface area (Å²) in [5.41, 5.74) is 1.67. The molecule has 0 radical (unpaired) electrons. The zero-order chi connectivity index (χ0) is 13.1. The highest BCUT2D eigenvalue weighted by molar-refractivity contribution is 7.17. The Kier molecular flexibility index (Phi) is 3.57. The molecule has 0 unspecified atom stereocenters. The van der Waals surface area contributed by atoms with Crippen LogP contribution in [-0.2, 0) is 6.54 Å². The zero-order valence-electron chi connectivity index (χ0n) is 10.1. The van der Waals surface area contributed by atoms with Crippen molar-refractivity contribution in [3.63, 3.8) is 0 Å². The minimum absolute atomic E-state index is 0.298. The second-order valence-electron chi connectivity index (χ2n) is 3.93. The molecule has 0 saturated heterocycles. The van der Waals surface area contributed by atoms with Crippen LogP contribution in [0.25, 0.3) is 0 Å². The van der Waals surface area contributed by atoms with Crippen LogP contribution in [-0.4, -0.2) is 28.1 Å². The lowest BCUT2D eigenvalue weighted by molar-refractivity contribution is 0.0701. The average Bonchev–Trinajstić information content (AvgIpc) is 2.73. The van der Waals surface area contributed by atoms with Crippen LogP contribution in [0.5, 0.6) is 0 Å². The maximum Gasteiger partial charge on any atom is 0.347 e. The van der Waals surface area contributed by atoms with Gasteiger partial charge >= 0.3 is 5.97 Å². The van der Waals surface area contributed by atoms with Crippen LogP contribution in [0.4, 0.5) is 5.13 Å². The van der Waals surface area contributed by atoms with Crippen molar-refractivity contribution in [3.05, 3.63) is 40.7 Å². The van der Waals surface area contributed by atoms with Gasteiger partial charge in [-0.15, -0.1) is 0 Å². The first-order valence-corrected chi connectivity index (χ1v) is 6.20. The van der Waals surface area contributed by atoms with Gasteiger partial charge in [-0.25, -0.2) is 9.78 Å². The molecule has 0 spiro atoms. The molecule has 0 aliphatic carbocycles. The van der Waals surface area contributed by atoms with E-state index in [0.29, 0.717) is 22.2 Å². The molecule has 0 aliphatic rings. The Morgan fingerprint density at radius 2 is 2.11 bits per heavy atom. The summed E-state index contributed by atoms with van der Waals surface area (Å²) in [7, 11) is 1.89. The average molecular weight is 263 g/mol. The van der Waals surface area contributed by atoms with Crippen LogP contribution in [0.2, 0.25) is 0 Å². The van der Waals surface area contributed by atoms with E-state index in [-0.39, 0.29) is 0 Å². The number of hydrogen-bond acceptors (Lipinski definition) is 5. The van der Waals surface area contributed by atoms with E-state index < -0.39 is 5.97 Å². The Morgan fingerprint density at radius 3 is 2.67 bits per heavy atom. The number of thiazole rings is 1. The van der Waals surface area contributed by atoms with Crippen LogP contribution >= 0.6 is 11.3 Å². The SMILES string of the molecule is Cc1nc(N(C)Cc2ccncc2)sc1C(=O)O. The van der Waals surface area contributed by atoms with Gasteiger partial charge in [0, 0.05) is 26.0 Å². The van der Waals surface area contributed by atoms with Crippen molar-refractivity contribution < 1.29 is 9.90 Å². The van der Waals surface area contributed by atoms with Crippen molar-refractivity contribution in [1.82, 2.24) is 9.97 Å². The van der Waals surface area contributed by atoms with Crippen LogP contribution in [0, 0.1) is 6.92 Å². The highest BCUT2D eigenvalue weighted by Crippen LogP contribution is 2.26. The number of rotatable bonds is 4. The van der Waals surface area contributed by atoms with E-state index in [1.165, 1.54) is 11.3 Å². The van der Waals surface area contributed by atoms with E-state index in [0.717, 1.165) is 5.56 Å². The normalized spacial score (nSPS) is 10.3. The van der Waals surface area contributed by atoms with Crippen LogP contribution < -0.4 is 4.90 Å². The lowest BCUT2D eigenvalue weighted by Crippen LogP contribution is -2.15. The minimum Gasteiger partial charge on any atom is -0.477 e. The van der Waals surface area contributed by atoms with Gasteiger partial charge in [-0.2, -0.15) is 0 Å². The first-order valence-electron chi connectivity index (χ1n) is 5.38. The molecule has 5 nitrogen and oxygen atoms in total. The van der Waals surface area contributed by atoms with Crippen LogP contribution in [0.3, 0.4) is 0 Å². The molecular weight excluding hydrogens is 250 g/mol. The Bertz CT molecular complexity index is 554. The number of aromatic carboxylic acids is 1. The van der Waals surface area contributed by atoms with Gasteiger partial charge in [-0.05, 0) is 24.6 Å². The Balaban J connectivity index is 2.17. The van der Waals surface area contributed by atoms with Crippen molar-refractivity contribution in [3.8, 4) is 0 Å². The Hall–Kier alpha value is -1.95. The lowest BCUT2D eigenvalue weighted by atomic mass is 10.2. The zero-order valence-corrected chi connectivity index (χ0v) is 10.9. The van der Waals surface area contributed by atoms with Crippen LogP contribution in [0.15, 0.2) is 24.5 Å². The van der Waals surface area contributed by atoms with Gasteiger partial charge in [0.05, 0.1) is 5.69 Å². The Labute approximate surface area is 109 Å². The third-order valence-corrected chi connectivity index (χ3v) is 3.73. The highest BCUT2D eigenvalue weighted by atomic mass is 32.1. The molecule has 2 heterocycles. The number of hydrogen-bond donors (Lipinski definition) is 1. The van der Waals surface area contributed by atoms with Gasteiger partial charge in [0.25, 0.3) is 0 Å². The maximum atomic E-state index is 11.0. The number of aromatic nitrogens is 2. The molecule has 2 aromatic heterocycles. The van der Waals surface area contributed by atoms with Gasteiger partial charge in [0.15, 0.2) is 5.13 Å². The monoisotopic (exact) mass is 263 g/mol. The third-order valence-electron chi connectivity index (χ3n) is 2.48. The van der Waals surface area contributed by atoms with Crippen molar-refractivity contribution in [1.29, 1.82) is 0 Å². The quantitative estimate of drug-likeness (QED) is 0.915. The van der Waals surface area contributed by atoms with E-state index >= 15 is 0 Å². The van der Waals surface area contributed by atoms with Gasteiger partial charge in [-0.3, -0.25) is 4.98 Å². The number of aryl methyl sites for hydroxylation is 1. The first-order chi connectivity index (χ1) is 8.58. The van der Waals surface area contributed by atoms with Crippen molar-refractivity contribution >= 4 is 22.4 Å². The number of carboxylic acid groups (broad SMARTS) is 1. The summed E-state index contributed by atoms with van der Waals surface area (Å²) in [4.78, 5) is 21.4. The summed E-state index contributed by atoms with van der Waals surface area (Å²) >= 11 is 1.19. The Morgan fingerprint density at radius 1 is 1.44 bits per heavy atom. The molecule has 0 amide bonds. The standard InChI is InChI=1S/C12H13N3O2S/c1-8-10(11(16)17)18-12(14-8)15(2)7-9-3-5-13-6-4-9/h3-6H,7H2,1-2H3,(H,16,17). The minimum atomic E-state index is -0.923. The molecule has 0 aliphatic heterocycles. The predicted octanol–water partition coefficient (Wildman–Crippen LogP) is 2.18. The number of carbonyl (C=O) groups is 1. The summed E-state index contributed by atoms with van der Waals surface area (Å²) in [5.74, 6) is -0.923. The molecule has 0 saturated carbocycles. The molecule has 0 aromatic carbocycles. The summed E-state index contributed by atoms with van der Waals surface area (Å²) in [6.07, 6.45) is 3.47. The van der Waals surface area contributed by atoms with Crippen molar-refractivity contribution in [2.24, 2.45) is 0 Å². The van der Waals surface area contributed by atoms with Gasteiger partial charge < -0.3 is 10.0 Å². The fourth-order valence-corrected chi connectivity index (χ4v) is 2.44. The molecule has 0 bridgehead atoms. The summed E-state index contributed by atoms with van der Waals surface area (Å²) in [6, 6.07) is 3.85. The molecule has 0 atom stereocenters. The molecule has 6 heteroatoms. The lowest BCUT2D eigenvalue weighted by Gasteiger charge is -2.15. The molecule has 0 fully saturated rings. The summed E-state index contributed by atoms with van der Waals surface area (Å²) in [5, 5.41) is 9.70. The second-order valence-corrected chi connectivity index (χ2v) is 4.91. The molecule has 2 rings (SSSR count). The van der Waals surface area contributed by atoms with E-state index in [1.807, 2.05) is 24.1 Å². The van der Waals surface area contributed by atoms with E-state index in [1.54, 1.807) is 19.3 Å². The summed E-state index contributed by atoms with van der Waals surface area (Å²) < 4.78 is 0. The molecule has 18 heavy (non-hydrogen) atoms. The van der Waals surface area contributed by atoms with Crippen molar-refractivity contribution in [2.45, 2.75) is 13.5 Å². The number of pyridine rings is 1. The van der Waals surface area contributed by atoms with E-state index in [2.05, 4.69) is 9.97 Å². The smallest absolute Gasteiger partial charge is 0.347 e. The molecule has 94 valence electrons. The molecule has 1 N–H and O–H groups in total. The summed E-state index contributed by atoms with van der Waals surface area (Å²) in [6.45, 7) is 2.39. The van der Waals surface area contributed by atoms with Crippen LogP contribution in [0.1, 0.15) is 20.9 Å². The van der Waals surface area contributed by atoms with Gasteiger partial charge in [-0.1, -0.05) is 11.3 Å². The predicted molar refractivity (Wildman–Crippen MR) is 70.2 cm³/mol. The van der Waals surface area contributed by atoms with Crippen molar-refractivity contribution in [2.75, 3.05) is 11.9 Å². The largest absolute Gasteiger partial charge is 0.477 e.